The first-order valence-electron chi connectivity index (χ1n) is 10.4. The van der Waals surface area contributed by atoms with Crippen LogP contribution in [0.3, 0.4) is 0 Å². The van der Waals surface area contributed by atoms with E-state index in [1.165, 1.54) is 57.2 Å². The number of hydrogen-bond donors (Lipinski definition) is 0. The number of carbonyl (C=O) groups is 1. The molecule has 1 saturated heterocycles. The second kappa shape index (κ2) is 9.38. The Morgan fingerprint density at radius 1 is 1.08 bits per heavy atom. The first kappa shape index (κ1) is 18.4. The number of carbonyl (C=O) groups excluding carboxylic acids is 1. The van der Waals surface area contributed by atoms with E-state index in [4.69, 9.17) is 0 Å². The van der Waals surface area contributed by atoms with Crippen molar-refractivity contribution in [2.75, 3.05) is 19.6 Å². The molecular formula is C22H34N2O. The molecular weight excluding hydrogens is 308 g/mol. The summed E-state index contributed by atoms with van der Waals surface area (Å²) in [5, 5.41) is 0. The van der Waals surface area contributed by atoms with Crippen LogP contribution in [0.25, 0.3) is 0 Å². The number of benzene rings is 1. The van der Waals surface area contributed by atoms with Gasteiger partial charge in [-0.2, -0.15) is 0 Å². The predicted octanol–water partition coefficient (Wildman–Crippen LogP) is 4.26. The van der Waals surface area contributed by atoms with Gasteiger partial charge in [-0.25, -0.2) is 0 Å². The normalized spacial score (nSPS) is 24.4. The summed E-state index contributed by atoms with van der Waals surface area (Å²) in [5.41, 5.74) is 1.38. The summed E-state index contributed by atoms with van der Waals surface area (Å²) in [6.45, 7) is 5.40. The van der Waals surface area contributed by atoms with E-state index < -0.39 is 0 Å². The van der Waals surface area contributed by atoms with Gasteiger partial charge in [-0.1, -0.05) is 50.1 Å². The molecule has 0 bridgehead atoms. The van der Waals surface area contributed by atoms with Crippen LogP contribution in [0.4, 0.5) is 0 Å². The quantitative estimate of drug-likeness (QED) is 0.739. The molecule has 0 radical (unpaired) electrons. The third kappa shape index (κ3) is 4.84. The number of hydrogen-bond acceptors (Lipinski definition) is 2. The lowest BCUT2D eigenvalue weighted by Crippen LogP contribution is -2.54. The topological polar surface area (TPSA) is 23.6 Å². The van der Waals surface area contributed by atoms with Crippen molar-refractivity contribution < 1.29 is 4.79 Å². The predicted molar refractivity (Wildman–Crippen MR) is 104 cm³/mol. The highest BCUT2D eigenvalue weighted by Crippen LogP contribution is 2.30. The lowest BCUT2D eigenvalue weighted by atomic mass is 9.87. The van der Waals surface area contributed by atoms with Crippen LogP contribution in [-0.4, -0.2) is 47.4 Å². The fraction of sp³-hybridized carbons (Fsp3) is 0.682. The zero-order valence-corrected chi connectivity index (χ0v) is 15.8. The number of amides is 1. The standard InChI is InChI=1S/C22H34N2O/c1-2-22(25)24(18-10-13-19-11-4-3-5-12-19)21-15-7-6-14-20(21)23-16-8-9-17-23/h3-5,11-12,20-21H,2,6-10,13-18H2,1H3/t20-,21-/m0/s1. The molecule has 0 unspecified atom stereocenters. The molecule has 138 valence electrons. The Hall–Kier alpha value is -1.35. The molecule has 1 aliphatic carbocycles. The van der Waals surface area contributed by atoms with Crippen LogP contribution < -0.4 is 0 Å². The molecule has 1 aromatic carbocycles. The Morgan fingerprint density at radius 3 is 2.52 bits per heavy atom. The maximum atomic E-state index is 12.7. The van der Waals surface area contributed by atoms with Crippen molar-refractivity contribution in [1.29, 1.82) is 0 Å². The van der Waals surface area contributed by atoms with Gasteiger partial charge in [0.1, 0.15) is 0 Å². The van der Waals surface area contributed by atoms with Crippen molar-refractivity contribution in [2.45, 2.75) is 76.8 Å². The summed E-state index contributed by atoms with van der Waals surface area (Å²) in [7, 11) is 0. The van der Waals surface area contributed by atoms with Gasteiger partial charge in [-0.15, -0.1) is 0 Å². The van der Waals surface area contributed by atoms with Crippen molar-refractivity contribution in [1.82, 2.24) is 9.80 Å². The fourth-order valence-corrected chi connectivity index (χ4v) is 4.73. The molecule has 3 heteroatoms. The lowest BCUT2D eigenvalue weighted by Gasteiger charge is -2.44. The number of likely N-dealkylation sites (tertiary alicyclic amines) is 1. The van der Waals surface area contributed by atoms with Gasteiger partial charge in [0.05, 0.1) is 0 Å². The highest BCUT2D eigenvalue weighted by molar-refractivity contribution is 5.76. The van der Waals surface area contributed by atoms with Crippen molar-refractivity contribution in [3.63, 3.8) is 0 Å². The number of aryl methyl sites for hydroxylation is 1. The van der Waals surface area contributed by atoms with E-state index in [-0.39, 0.29) is 0 Å². The molecule has 1 amide bonds. The SMILES string of the molecule is CCC(=O)N(CCCc1ccccc1)[C@H]1CCCC[C@@H]1N1CCCC1. The van der Waals surface area contributed by atoms with Crippen molar-refractivity contribution in [3.05, 3.63) is 35.9 Å². The Balaban J connectivity index is 1.64. The highest BCUT2D eigenvalue weighted by atomic mass is 16.2. The van der Waals surface area contributed by atoms with Gasteiger partial charge in [0.2, 0.25) is 5.91 Å². The first-order valence-corrected chi connectivity index (χ1v) is 10.4. The minimum absolute atomic E-state index is 0.351. The molecule has 1 saturated carbocycles. The largest absolute Gasteiger partial charge is 0.338 e. The fourth-order valence-electron chi connectivity index (χ4n) is 4.73. The molecule has 1 aliphatic heterocycles. The third-order valence-electron chi connectivity index (χ3n) is 6.03. The van der Waals surface area contributed by atoms with Crippen LogP contribution in [-0.2, 0) is 11.2 Å². The van der Waals surface area contributed by atoms with Crippen molar-refractivity contribution in [3.8, 4) is 0 Å². The van der Waals surface area contributed by atoms with E-state index in [9.17, 15) is 4.79 Å². The van der Waals surface area contributed by atoms with E-state index >= 15 is 0 Å². The molecule has 0 aromatic heterocycles. The summed E-state index contributed by atoms with van der Waals surface area (Å²) in [6.07, 6.45) is 10.5. The van der Waals surface area contributed by atoms with Gasteiger partial charge in [0.25, 0.3) is 0 Å². The average molecular weight is 343 g/mol. The van der Waals surface area contributed by atoms with Crippen molar-refractivity contribution >= 4 is 5.91 Å². The Labute approximate surface area is 153 Å². The minimum Gasteiger partial charge on any atom is -0.338 e. The molecule has 0 N–H and O–H groups in total. The van der Waals surface area contributed by atoms with E-state index in [0.717, 1.165) is 19.4 Å². The van der Waals surface area contributed by atoms with Gasteiger partial charge in [-0.3, -0.25) is 9.69 Å². The van der Waals surface area contributed by atoms with Gasteiger partial charge in [-0.05, 0) is 57.2 Å². The molecule has 3 nitrogen and oxygen atoms in total. The van der Waals surface area contributed by atoms with Crippen LogP contribution in [0.1, 0.15) is 63.9 Å². The summed E-state index contributed by atoms with van der Waals surface area (Å²) in [4.78, 5) is 17.7. The zero-order valence-electron chi connectivity index (χ0n) is 15.8. The molecule has 2 fully saturated rings. The second-order valence-corrected chi connectivity index (χ2v) is 7.69. The lowest BCUT2D eigenvalue weighted by molar-refractivity contribution is -0.135. The third-order valence-corrected chi connectivity index (χ3v) is 6.03. The Bertz CT molecular complexity index is 524. The summed E-state index contributed by atoms with van der Waals surface area (Å²) >= 11 is 0. The summed E-state index contributed by atoms with van der Waals surface area (Å²) < 4.78 is 0. The maximum absolute atomic E-state index is 12.7. The monoisotopic (exact) mass is 342 g/mol. The highest BCUT2D eigenvalue weighted by Gasteiger charge is 2.36. The van der Waals surface area contributed by atoms with Gasteiger partial charge < -0.3 is 4.90 Å². The molecule has 0 spiro atoms. The average Bonchev–Trinajstić information content (AvgIpc) is 3.20. The van der Waals surface area contributed by atoms with E-state index in [1.807, 2.05) is 6.92 Å². The van der Waals surface area contributed by atoms with E-state index in [1.54, 1.807) is 0 Å². The minimum atomic E-state index is 0.351. The smallest absolute Gasteiger partial charge is 0.222 e. The van der Waals surface area contributed by atoms with Crippen LogP contribution in [0.15, 0.2) is 30.3 Å². The van der Waals surface area contributed by atoms with Crippen LogP contribution in [0.5, 0.6) is 0 Å². The Kier molecular flexibility index (Phi) is 6.92. The van der Waals surface area contributed by atoms with Crippen molar-refractivity contribution in [2.24, 2.45) is 0 Å². The maximum Gasteiger partial charge on any atom is 0.222 e. The van der Waals surface area contributed by atoms with Crippen LogP contribution >= 0.6 is 0 Å². The van der Waals surface area contributed by atoms with Gasteiger partial charge in [0, 0.05) is 25.0 Å². The van der Waals surface area contributed by atoms with E-state index in [2.05, 4.69) is 40.1 Å². The molecule has 3 rings (SSSR count). The summed E-state index contributed by atoms with van der Waals surface area (Å²) in [5.74, 6) is 0.351. The number of nitrogens with zero attached hydrogens (tertiary/aromatic N) is 2. The van der Waals surface area contributed by atoms with E-state index in [0.29, 0.717) is 24.4 Å². The second-order valence-electron chi connectivity index (χ2n) is 7.69. The van der Waals surface area contributed by atoms with Crippen LogP contribution in [0, 0.1) is 0 Å². The van der Waals surface area contributed by atoms with Gasteiger partial charge in [0.15, 0.2) is 0 Å². The molecule has 2 atom stereocenters. The van der Waals surface area contributed by atoms with Gasteiger partial charge >= 0.3 is 0 Å². The first-order chi connectivity index (χ1) is 12.3. The molecule has 2 aliphatic rings. The van der Waals surface area contributed by atoms with Crippen LogP contribution in [0.2, 0.25) is 0 Å². The molecule has 1 heterocycles. The molecule has 25 heavy (non-hydrogen) atoms. The Morgan fingerprint density at radius 2 is 1.80 bits per heavy atom. The summed E-state index contributed by atoms with van der Waals surface area (Å²) in [6, 6.07) is 11.7. The number of rotatable bonds is 7. The molecule has 1 aromatic rings. The zero-order chi connectivity index (χ0) is 17.5.